The Morgan fingerprint density at radius 1 is 1.03 bits per heavy atom. The number of anilines is 4. The SMILES string of the molecule is Cc1cccc(Nc2nc(Nc3cc(C)c(C4CCN(C)CC4)cc3OC(C)C)nc3ccsc23)c1. The number of benzene rings is 2. The van der Waals surface area contributed by atoms with Crippen molar-refractivity contribution in [2.45, 2.75) is 52.6 Å². The van der Waals surface area contributed by atoms with Crippen LogP contribution < -0.4 is 15.4 Å². The van der Waals surface area contributed by atoms with Gasteiger partial charge in [0.2, 0.25) is 5.95 Å². The summed E-state index contributed by atoms with van der Waals surface area (Å²) in [6, 6.07) is 14.8. The minimum Gasteiger partial charge on any atom is -0.489 e. The van der Waals surface area contributed by atoms with Crippen molar-refractivity contribution in [3.05, 3.63) is 64.5 Å². The quantitative estimate of drug-likeness (QED) is 0.275. The maximum atomic E-state index is 6.29. The Morgan fingerprint density at radius 3 is 2.58 bits per heavy atom. The van der Waals surface area contributed by atoms with Crippen LogP contribution in [-0.2, 0) is 0 Å². The zero-order valence-corrected chi connectivity index (χ0v) is 22.6. The molecule has 1 fully saturated rings. The van der Waals surface area contributed by atoms with Gasteiger partial charge in [0.25, 0.3) is 0 Å². The topological polar surface area (TPSA) is 62.3 Å². The molecule has 0 unspecified atom stereocenters. The summed E-state index contributed by atoms with van der Waals surface area (Å²) in [6.45, 7) is 10.7. The van der Waals surface area contributed by atoms with E-state index in [1.165, 1.54) is 29.5 Å². The highest BCUT2D eigenvalue weighted by Gasteiger charge is 2.22. The molecule has 0 bridgehead atoms. The molecule has 0 radical (unpaired) electrons. The first-order valence-corrected chi connectivity index (χ1v) is 13.6. The summed E-state index contributed by atoms with van der Waals surface area (Å²) in [5, 5.41) is 9.04. The Bertz CT molecular complexity index is 1360. The fourth-order valence-electron chi connectivity index (χ4n) is 4.90. The molecule has 0 saturated carbocycles. The number of aromatic nitrogens is 2. The minimum absolute atomic E-state index is 0.0671. The van der Waals surface area contributed by atoms with Crippen molar-refractivity contribution in [2.75, 3.05) is 30.8 Å². The molecule has 36 heavy (non-hydrogen) atoms. The highest BCUT2D eigenvalue weighted by atomic mass is 32.1. The maximum Gasteiger partial charge on any atom is 0.229 e. The first-order chi connectivity index (χ1) is 17.4. The lowest BCUT2D eigenvalue weighted by atomic mass is 9.86. The molecule has 5 rings (SSSR count). The van der Waals surface area contributed by atoms with Gasteiger partial charge in [0.1, 0.15) is 5.75 Å². The molecule has 3 heterocycles. The molecule has 2 N–H and O–H groups in total. The van der Waals surface area contributed by atoms with Crippen molar-refractivity contribution < 1.29 is 4.74 Å². The molecule has 0 atom stereocenters. The van der Waals surface area contributed by atoms with Crippen molar-refractivity contribution in [1.82, 2.24) is 14.9 Å². The van der Waals surface area contributed by atoms with Gasteiger partial charge < -0.3 is 20.3 Å². The molecular weight excluding hydrogens is 466 g/mol. The number of ether oxygens (including phenoxy) is 1. The van der Waals surface area contributed by atoms with Gasteiger partial charge in [-0.2, -0.15) is 4.98 Å². The molecule has 0 amide bonds. The van der Waals surface area contributed by atoms with Crippen LogP contribution in [0.4, 0.5) is 23.1 Å². The van der Waals surface area contributed by atoms with Crippen LogP contribution in [0.2, 0.25) is 0 Å². The molecular formula is C29H35N5OS. The smallest absolute Gasteiger partial charge is 0.229 e. The second-order valence-corrected chi connectivity index (χ2v) is 11.0. The van der Waals surface area contributed by atoms with E-state index in [4.69, 9.17) is 14.7 Å². The van der Waals surface area contributed by atoms with Crippen LogP contribution in [0.3, 0.4) is 0 Å². The number of fused-ring (bicyclic) bond motifs is 1. The Labute approximate surface area is 217 Å². The summed E-state index contributed by atoms with van der Waals surface area (Å²) in [6.07, 6.45) is 2.42. The molecule has 2 aromatic heterocycles. The van der Waals surface area contributed by atoms with E-state index in [1.807, 2.05) is 12.1 Å². The third-order valence-corrected chi connectivity index (χ3v) is 7.63. The van der Waals surface area contributed by atoms with E-state index in [0.717, 1.165) is 46.2 Å². The number of hydrogen-bond acceptors (Lipinski definition) is 7. The number of nitrogens with one attached hydrogen (secondary N) is 2. The summed E-state index contributed by atoms with van der Waals surface area (Å²) in [5.74, 6) is 2.77. The van der Waals surface area contributed by atoms with E-state index in [0.29, 0.717) is 11.9 Å². The van der Waals surface area contributed by atoms with E-state index < -0.39 is 0 Å². The molecule has 188 valence electrons. The summed E-state index contributed by atoms with van der Waals surface area (Å²) >= 11 is 1.64. The molecule has 7 heteroatoms. The van der Waals surface area contributed by atoms with Crippen LogP contribution in [0.1, 0.15) is 49.3 Å². The number of likely N-dealkylation sites (tertiary alicyclic amines) is 1. The average molecular weight is 502 g/mol. The van der Waals surface area contributed by atoms with Gasteiger partial charge in [-0.05, 0) is 119 Å². The predicted octanol–water partition coefficient (Wildman–Crippen LogP) is 7.39. The monoisotopic (exact) mass is 501 g/mol. The van der Waals surface area contributed by atoms with E-state index >= 15 is 0 Å². The Balaban J connectivity index is 1.49. The van der Waals surface area contributed by atoms with Crippen molar-refractivity contribution in [3.63, 3.8) is 0 Å². The van der Waals surface area contributed by atoms with E-state index in [1.54, 1.807) is 11.3 Å². The molecule has 2 aromatic carbocycles. The Hall–Kier alpha value is -3.16. The van der Waals surface area contributed by atoms with Crippen LogP contribution in [0.5, 0.6) is 5.75 Å². The Kier molecular flexibility index (Phi) is 7.12. The predicted molar refractivity (Wildman–Crippen MR) is 152 cm³/mol. The van der Waals surface area contributed by atoms with Crippen LogP contribution >= 0.6 is 11.3 Å². The van der Waals surface area contributed by atoms with Gasteiger partial charge in [0.15, 0.2) is 5.82 Å². The average Bonchev–Trinajstić information content (AvgIpc) is 3.30. The molecule has 4 aromatic rings. The van der Waals surface area contributed by atoms with Crippen molar-refractivity contribution in [3.8, 4) is 5.75 Å². The lowest BCUT2D eigenvalue weighted by Crippen LogP contribution is -2.29. The minimum atomic E-state index is 0.0671. The van der Waals surface area contributed by atoms with Crippen molar-refractivity contribution in [1.29, 1.82) is 0 Å². The molecule has 1 aliphatic heterocycles. The molecule has 1 saturated heterocycles. The maximum absolute atomic E-state index is 6.29. The summed E-state index contributed by atoms with van der Waals surface area (Å²) in [7, 11) is 2.20. The van der Waals surface area contributed by atoms with Gasteiger partial charge in [-0.25, -0.2) is 4.98 Å². The zero-order chi connectivity index (χ0) is 25.2. The second-order valence-electron chi connectivity index (χ2n) is 10.1. The number of nitrogens with zero attached hydrogens (tertiary/aromatic N) is 3. The second kappa shape index (κ2) is 10.4. The van der Waals surface area contributed by atoms with Gasteiger partial charge >= 0.3 is 0 Å². The van der Waals surface area contributed by atoms with Crippen LogP contribution in [0.15, 0.2) is 47.8 Å². The fourth-order valence-corrected chi connectivity index (χ4v) is 5.67. The highest BCUT2D eigenvalue weighted by molar-refractivity contribution is 7.17. The molecule has 1 aliphatic rings. The van der Waals surface area contributed by atoms with Gasteiger partial charge in [-0.1, -0.05) is 12.1 Å². The van der Waals surface area contributed by atoms with Crippen molar-refractivity contribution >= 4 is 44.7 Å². The zero-order valence-electron chi connectivity index (χ0n) is 21.8. The summed E-state index contributed by atoms with van der Waals surface area (Å²) in [5.41, 5.74) is 6.69. The number of piperidine rings is 1. The number of thiophene rings is 1. The summed E-state index contributed by atoms with van der Waals surface area (Å²) < 4.78 is 7.33. The fraction of sp³-hybridized carbons (Fsp3) is 0.379. The number of rotatable bonds is 7. The molecule has 6 nitrogen and oxygen atoms in total. The van der Waals surface area contributed by atoms with Gasteiger partial charge in [0.05, 0.1) is 22.0 Å². The lowest BCUT2D eigenvalue weighted by molar-refractivity contribution is 0.241. The van der Waals surface area contributed by atoms with Gasteiger partial charge in [-0.3, -0.25) is 0 Å². The normalized spacial score (nSPS) is 14.9. The van der Waals surface area contributed by atoms with Crippen molar-refractivity contribution in [2.24, 2.45) is 0 Å². The standard InChI is InChI=1S/C29H35N5OS/c1-18(2)35-26-17-23(21-9-12-34(5)13-10-21)20(4)16-25(26)32-29-31-24-11-14-36-27(24)28(33-29)30-22-8-6-7-19(3)15-22/h6-8,11,14-18,21H,9-10,12-13H2,1-5H3,(H2,30,31,32,33). The lowest BCUT2D eigenvalue weighted by Gasteiger charge is -2.30. The van der Waals surface area contributed by atoms with Gasteiger partial charge in [-0.15, -0.1) is 11.3 Å². The molecule has 0 aliphatic carbocycles. The van der Waals surface area contributed by atoms with Gasteiger partial charge in [0, 0.05) is 5.69 Å². The first kappa shape index (κ1) is 24.5. The number of aryl methyl sites for hydroxylation is 2. The van der Waals surface area contributed by atoms with E-state index in [9.17, 15) is 0 Å². The third-order valence-electron chi connectivity index (χ3n) is 6.72. The van der Waals surface area contributed by atoms with E-state index in [-0.39, 0.29) is 6.10 Å². The number of hydrogen-bond donors (Lipinski definition) is 2. The Morgan fingerprint density at radius 2 is 1.83 bits per heavy atom. The largest absolute Gasteiger partial charge is 0.489 e. The van der Waals surface area contributed by atoms with Crippen LogP contribution in [-0.4, -0.2) is 41.1 Å². The van der Waals surface area contributed by atoms with E-state index in [2.05, 4.69) is 86.0 Å². The molecule has 0 spiro atoms. The third kappa shape index (κ3) is 5.47. The summed E-state index contributed by atoms with van der Waals surface area (Å²) in [4.78, 5) is 12.1. The first-order valence-electron chi connectivity index (χ1n) is 12.7. The van der Waals surface area contributed by atoms with Crippen LogP contribution in [0, 0.1) is 13.8 Å². The highest BCUT2D eigenvalue weighted by Crippen LogP contribution is 2.38. The van der Waals surface area contributed by atoms with Crippen LogP contribution in [0.25, 0.3) is 10.2 Å².